The van der Waals surface area contributed by atoms with E-state index >= 15 is 0 Å². The van der Waals surface area contributed by atoms with Crippen molar-refractivity contribution >= 4 is 53.0 Å². The summed E-state index contributed by atoms with van der Waals surface area (Å²) in [4.78, 5) is 9.41. The molecule has 1 saturated heterocycles. The molecule has 3 aromatic rings. The summed E-state index contributed by atoms with van der Waals surface area (Å²) >= 11 is 8.65. The smallest absolute Gasteiger partial charge is 0.152 e. The van der Waals surface area contributed by atoms with Gasteiger partial charge in [-0.1, -0.05) is 35.9 Å². The van der Waals surface area contributed by atoms with Gasteiger partial charge < -0.3 is 4.90 Å². The maximum atomic E-state index is 6.36. The van der Waals surface area contributed by atoms with Crippen LogP contribution >= 0.6 is 41.9 Å². The summed E-state index contributed by atoms with van der Waals surface area (Å²) in [6.45, 7) is 5.60. The Morgan fingerprint density at radius 2 is 1.85 bits per heavy atom. The summed E-state index contributed by atoms with van der Waals surface area (Å²) < 4.78 is 2.14. The standard InChI is InChI=1S/C19H20ClIN4S/c1-23-8-10-24(11-9-23)13-14-2-4-15(5-3-14)18-12-16-17(20)6-7-22-19(16)25(18)26-21/h2-7,12H,8-11,13H2,1H3. The zero-order valence-electron chi connectivity index (χ0n) is 14.5. The lowest BCUT2D eigenvalue weighted by Gasteiger charge is -2.32. The maximum absolute atomic E-state index is 6.36. The van der Waals surface area contributed by atoms with Crippen LogP contribution in [0.1, 0.15) is 5.56 Å². The average Bonchev–Trinajstić information content (AvgIpc) is 3.04. The van der Waals surface area contributed by atoms with Crippen LogP contribution in [0.4, 0.5) is 0 Å². The highest BCUT2D eigenvalue weighted by molar-refractivity contribution is 14.2. The van der Waals surface area contributed by atoms with E-state index in [0.717, 1.165) is 54.5 Å². The van der Waals surface area contributed by atoms with E-state index in [1.54, 1.807) is 15.3 Å². The Morgan fingerprint density at radius 3 is 2.54 bits per heavy atom. The number of hydrogen-bond donors (Lipinski definition) is 0. The molecule has 0 bridgehead atoms. The Morgan fingerprint density at radius 1 is 1.12 bits per heavy atom. The number of fused-ring (bicyclic) bond motifs is 1. The molecule has 26 heavy (non-hydrogen) atoms. The Hall–Kier alpha value is -0.800. The van der Waals surface area contributed by atoms with Gasteiger partial charge in [-0.2, -0.15) is 0 Å². The quantitative estimate of drug-likeness (QED) is 0.475. The number of benzene rings is 1. The Balaban J connectivity index is 1.59. The van der Waals surface area contributed by atoms with E-state index in [1.165, 1.54) is 11.1 Å². The second-order valence-electron chi connectivity index (χ2n) is 6.70. The van der Waals surface area contributed by atoms with Gasteiger partial charge in [0, 0.05) is 74.6 Å². The van der Waals surface area contributed by atoms with Crippen molar-refractivity contribution < 1.29 is 0 Å². The third-order valence-electron chi connectivity index (χ3n) is 4.93. The normalized spacial score (nSPS) is 16.4. The van der Waals surface area contributed by atoms with Crippen molar-refractivity contribution in [2.75, 3.05) is 33.2 Å². The highest BCUT2D eigenvalue weighted by atomic mass is 127. The van der Waals surface area contributed by atoms with Crippen LogP contribution in [0.25, 0.3) is 22.3 Å². The van der Waals surface area contributed by atoms with Crippen molar-refractivity contribution in [3.05, 3.63) is 53.2 Å². The lowest BCUT2D eigenvalue weighted by molar-refractivity contribution is 0.148. The molecule has 0 N–H and O–H groups in total. The number of pyridine rings is 1. The number of hydrogen-bond acceptors (Lipinski definition) is 4. The number of rotatable bonds is 4. The lowest BCUT2D eigenvalue weighted by atomic mass is 10.1. The summed E-state index contributed by atoms with van der Waals surface area (Å²) in [5.74, 6) is 0. The van der Waals surface area contributed by atoms with Gasteiger partial charge in [0.1, 0.15) is 0 Å². The second-order valence-corrected chi connectivity index (χ2v) is 8.79. The van der Waals surface area contributed by atoms with E-state index in [1.807, 2.05) is 6.07 Å². The van der Waals surface area contributed by atoms with Gasteiger partial charge in [0.05, 0.1) is 10.7 Å². The third-order valence-corrected chi connectivity index (χ3v) is 6.95. The van der Waals surface area contributed by atoms with Gasteiger partial charge in [-0.3, -0.25) is 8.87 Å². The van der Waals surface area contributed by atoms with Crippen molar-refractivity contribution in [1.29, 1.82) is 0 Å². The summed E-state index contributed by atoms with van der Waals surface area (Å²) in [7, 11) is 3.81. The van der Waals surface area contributed by atoms with Gasteiger partial charge >= 0.3 is 0 Å². The first kappa shape index (κ1) is 18.6. The molecule has 0 saturated carbocycles. The summed E-state index contributed by atoms with van der Waals surface area (Å²) in [5.41, 5.74) is 4.59. The van der Waals surface area contributed by atoms with Gasteiger partial charge in [-0.25, -0.2) is 4.98 Å². The molecule has 3 heterocycles. The maximum Gasteiger partial charge on any atom is 0.152 e. The molecular weight excluding hydrogens is 479 g/mol. The molecule has 136 valence electrons. The van der Waals surface area contributed by atoms with Crippen LogP contribution in [0.5, 0.6) is 0 Å². The van der Waals surface area contributed by atoms with Crippen molar-refractivity contribution in [3.63, 3.8) is 0 Å². The third kappa shape index (κ3) is 3.75. The molecule has 0 amide bonds. The molecule has 0 aliphatic carbocycles. The van der Waals surface area contributed by atoms with E-state index in [0.29, 0.717) is 0 Å². The number of halogens is 2. The van der Waals surface area contributed by atoms with Gasteiger partial charge in [0.15, 0.2) is 5.65 Å². The van der Waals surface area contributed by atoms with Crippen molar-refractivity contribution in [2.24, 2.45) is 0 Å². The first-order valence-corrected chi connectivity index (χ1v) is 12.3. The van der Waals surface area contributed by atoms with Crippen LogP contribution in [-0.2, 0) is 6.54 Å². The van der Waals surface area contributed by atoms with E-state index in [4.69, 9.17) is 11.6 Å². The van der Waals surface area contributed by atoms with Gasteiger partial charge in [-0.15, -0.1) is 0 Å². The van der Waals surface area contributed by atoms with E-state index in [9.17, 15) is 0 Å². The topological polar surface area (TPSA) is 24.3 Å². The number of nitrogens with zero attached hydrogens (tertiary/aromatic N) is 4. The van der Waals surface area contributed by atoms with Crippen LogP contribution in [0, 0.1) is 0 Å². The van der Waals surface area contributed by atoms with Crippen molar-refractivity contribution in [3.8, 4) is 11.3 Å². The summed E-state index contributed by atoms with van der Waals surface area (Å²) in [6, 6.07) is 12.9. The Kier molecular flexibility index (Phi) is 5.75. The number of piperazine rings is 1. The van der Waals surface area contributed by atoms with Crippen molar-refractivity contribution in [2.45, 2.75) is 6.54 Å². The van der Waals surface area contributed by atoms with Crippen LogP contribution in [0.3, 0.4) is 0 Å². The van der Waals surface area contributed by atoms with Crippen LogP contribution in [-0.4, -0.2) is 52.0 Å². The number of likely N-dealkylation sites (N-methyl/N-ethyl adjacent to an activating group) is 1. The molecule has 7 heteroatoms. The minimum atomic E-state index is 0.743. The van der Waals surface area contributed by atoms with Crippen LogP contribution in [0.15, 0.2) is 42.6 Å². The molecule has 2 aromatic heterocycles. The molecule has 0 unspecified atom stereocenters. The fourth-order valence-corrected chi connectivity index (χ4v) is 5.19. The predicted octanol–water partition coefficient (Wildman–Crippen LogP) is 4.95. The average molecular weight is 499 g/mol. The first-order valence-electron chi connectivity index (χ1n) is 8.61. The molecule has 4 rings (SSSR count). The van der Waals surface area contributed by atoms with Crippen LogP contribution < -0.4 is 0 Å². The SMILES string of the molecule is CN1CCN(Cc2ccc(-c3cc4c(Cl)ccnc4n3SI)cc2)CC1. The minimum absolute atomic E-state index is 0.743. The molecule has 0 radical (unpaired) electrons. The van der Waals surface area contributed by atoms with Crippen molar-refractivity contribution in [1.82, 2.24) is 18.8 Å². The molecule has 1 aliphatic rings. The second kappa shape index (κ2) is 8.06. The molecule has 0 atom stereocenters. The van der Waals surface area contributed by atoms with E-state index in [2.05, 4.69) is 77.3 Å². The Labute approximate surface area is 175 Å². The fraction of sp³-hybridized carbons (Fsp3) is 0.316. The molecule has 1 fully saturated rings. The molecule has 1 aliphatic heterocycles. The molecule has 4 nitrogen and oxygen atoms in total. The van der Waals surface area contributed by atoms with Gasteiger partial charge in [0.25, 0.3) is 0 Å². The molecule has 0 spiro atoms. The first-order chi connectivity index (χ1) is 12.7. The van der Waals surface area contributed by atoms with Gasteiger partial charge in [0.2, 0.25) is 0 Å². The summed E-state index contributed by atoms with van der Waals surface area (Å²) in [6.07, 6.45) is 1.76. The number of aromatic nitrogens is 2. The van der Waals surface area contributed by atoms with E-state index < -0.39 is 0 Å². The minimum Gasteiger partial charge on any atom is -0.304 e. The molecular formula is C19H20ClIN4S. The Bertz CT molecular complexity index is 904. The highest BCUT2D eigenvalue weighted by Gasteiger charge is 2.16. The monoisotopic (exact) mass is 498 g/mol. The molecule has 1 aromatic carbocycles. The van der Waals surface area contributed by atoms with Gasteiger partial charge in [-0.05, 0) is 30.3 Å². The van der Waals surface area contributed by atoms with E-state index in [-0.39, 0.29) is 0 Å². The van der Waals surface area contributed by atoms with Crippen LogP contribution in [0.2, 0.25) is 5.02 Å². The zero-order chi connectivity index (χ0) is 18.1. The summed E-state index contributed by atoms with van der Waals surface area (Å²) in [5, 5.41) is 1.74. The zero-order valence-corrected chi connectivity index (χ0v) is 18.3. The fourth-order valence-electron chi connectivity index (χ4n) is 3.36. The highest BCUT2D eigenvalue weighted by Crippen LogP contribution is 2.36. The largest absolute Gasteiger partial charge is 0.304 e. The lowest BCUT2D eigenvalue weighted by Crippen LogP contribution is -2.43. The predicted molar refractivity (Wildman–Crippen MR) is 120 cm³/mol.